The third kappa shape index (κ3) is 5.85. The Morgan fingerprint density at radius 1 is 1.08 bits per heavy atom. The summed E-state index contributed by atoms with van der Waals surface area (Å²) in [4.78, 5) is 27.2. The molecule has 1 aromatic carbocycles. The average molecular weight is 333 g/mol. The number of aryl methyl sites for hydroxylation is 1. The number of nitrogens with one attached hydrogen (secondary N) is 1. The van der Waals surface area contributed by atoms with Crippen LogP contribution in [-0.4, -0.2) is 67.7 Å². The molecule has 0 bridgehead atoms. The van der Waals surface area contributed by atoms with Gasteiger partial charge in [-0.1, -0.05) is 30.3 Å². The first-order valence-electron chi connectivity index (χ1n) is 8.65. The zero-order valence-electron chi connectivity index (χ0n) is 14.4. The smallest absolute Gasteiger partial charge is 0.409 e. The summed E-state index contributed by atoms with van der Waals surface area (Å²) in [6, 6.07) is 10.3. The average Bonchev–Trinajstić information content (AvgIpc) is 2.62. The molecule has 0 spiro atoms. The van der Waals surface area contributed by atoms with Crippen LogP contribution in [0.15, 0.2) is 30.3 Å². The second-order valence-electron chi connectivity index (χ2n) is 5.83. The molecule has 6 heteroatoms. The number of nitrogens with zero attached hydrogens (tertiary/aromatic N) is 2. The lowest BCUT2D eigenvalue weighted by Gasteiger charge is -2.34. The van der Waals surface area contributed by atoms with Crippen molar-refractivity contribution in [2.24, 2.45) is 0 Å². The molecule has 1 aromatic rings. The maximum Gasteiger partial charge on any atom is 0.409 e. The minimum absolute atomic E-state index is 0.0956. The van der Waals surface area contributed by atoms with E-state index in [1.54, 1.807) is 16.7 Å². The molecule has 2 amide bonds. The molecule has 2 rings (SSSR count). The maximum atomic E-state index is 12.2. The number of rotatable bonds is 7. The van der Waals surface area contributed by atoms with Gasteiger partial charge in [-0.2, -0.15) is 0 Å². The third-order valence-electron chi connectivity index (χ3n) is 4.10. The second-order valence-corrected chi connectivity index (χ2v) is 5.83. The van der Waals surface area contributed by atoms with Crippen LogP contribution >= 0.6 is 0 Å². The normalized spacial score (nSPS) is 14.5. The van der Waals surface area contributed by atoms with E-state index in [2.05, 4.69) is 17.4 Å². The lowest BCUT2D eigenvalue weighted by atomic mass is 10.1. The minimum Gasteiger partial charge on any atom is -0.450 e. The molecule has 1 heterocycles. The first-order valence-corrected chi connectivity index (χ1v) is 8.65. The zero-order chi connectivity index (χ0) is 17.2. The minimum atomic E-state index is -0.288. The highest BCUT2D eigenvalue weighted by Gasteiger charge is 2.24. The van der Waals surface area contributed by atoms with E-state index in [0.717, 1.165) is 19.4 Å². The Balaban J connectivity index is 1.57. The van der Waals surface area contributed by atoms with Crippen LogP contribution in [0.1, 0.15) is 18.9 Å². The van der Waals surface area contributed by atoms with Crippen molar-refractivity contribution < 1.29 is 14.3 Å². The van der Waals surface area contributed by atoms with E-state index in [9.17, 15) is 9.59 Å². The molecule has 0 radical (unpaired) electrons. The van der Waals surface area contributed by atoms with Crippen molar-refractivity contribution in [1.82, 2.24) is 15.1 Å². The lowest BCUT2D eigenvalue weighted by Crippen LogP contribution is -2.52. The predicted octanol–water partition coefficient (Wildman–Crippen LogP) is 1.51. The fourth-order valence-electron chi connectivity index (χ4n) is 2.72. The lowest BCUT2D eigenvalue weighted by molar-refractivity contribution is -0.131. The van der Waals surface area contributed by atoms with Crippen molar-refractivity contribution in [3.63, 3.8) is 0 Å². The van der Waals surface area contributed by atoms with Crippen LogP contribution in [0.2, 0.25) is 0 Å². The Morgan fingerprint density at radius 3 is 2.42 bits per heavy atom. The molecule has 0 saturated carbocycles. The highest BCUT2D eigenvalue weighted by molar-refractivity contribution is 5.78. The van der Waals surface area contributed by atoms with Crippen molar-refractivity contribution in [2.45, 2.75) is 19.8 Å². The fourth-order valence-corrected chi connectivity index (χ4v) is 2.72. The Hall–Kier alpha value is -2.08. The number of hydrogen-bond donors (Lipinski definition) is 1. The maximum absolute atomic E-state index is 12.2. The summed E-state index contributed by atoms with van der Waals surface area (Å²) in [5, 5.41) is 3.21. The van der Waals surface area contributed by atoms with E-state index in [1.807, 2.05) is 18.2 Å². The van der Waals surface area contributed by atoms with Crippen LogP contribution in [-0.2, 0) is 16.0 Å². The second kappa shape index (κ2) is 9.93. The molecular weight excluding hydrogens is 306 g/mol. The largest absolute Gasteiger partial charge is 0.450 e. The molecule has 1 saturated heterocycles. The van der Waals surface area contributed by atoms with Gasteiger partial charge in [-0.3, -0.25) is 4.79 Å². The zero-order valence-corrected chi connectivity index (χ0v) is 14.4. The number of carbonyl (C=O) groups excluding carboxylic acids is 2. The monoisotopic (exact) mass is 333 g/mol. The number of benzene rings is 1. The number of ether oxygens (including phenoxy) is 1. The van der Waals surface area contributed by atoms with E-state index >= 15 is 0 Å². The van der Waals surface area contributed by atoms with E-state index in [1.165, 1.54) is 5.56 Å². The topological polar surface area (TPSA) is 61.9 Å². The summed E-state index contributed by atoms with van der Waals surface area (Å²) in [7, 11) is 0. The molecule has 0 unspecified atom stereocenters. The molecule has 6 nitrogen and oxygen atoms in total. The molecule has 24 heavy (non-hydrogen) atoms. The van der Waals surface area contributed by atoms with Crippen molar-refractivity contribution in [3.05, 3.63) is 35.9 Å². The Labute approximate surface area is 143 Å². The quantitative estimate of drug-likeness (QED) is 0.769. The Bertz CT molecular complexity index is 514. The molecular formula is C18H27N3O3. The van der Waals surface area contributed by atoms with Crippen molar-refractivity contribution in [1.29, 1.82) is 0 Å². The highest BCUT2D eigenvalue weighted by atomic mass is 16.6. The van der Waals surface area contributed by atoms with Gasteiger partial charge >= 0.3 is 6.09 Å². The van der Waals surface area contributed by atoms with E-state index in [0.29, 0.717) is 39.3 Å². The van der Waals surface area contributed by atoms with Crippen LogP contribution in [0.3, 0.4) is 0 Å². The molecule has 0 aliphatic carbocycles. The van der Waals surface area contributed by atoms with Gasteiger partial charge in [-0.25, -0.2) is 4.79 Å². The third-order valence-corrected chi connectivity index (χ3v) is 4.10. The summed E-state index contributed by atoms with van der Waals surface area (Å²) in [5.74, 6) is 0.0956. The van der Waals surface area contributed by atoms with Crippen molar-refractivity contribution in [3.8, 4) is 0 Å². The molecule has 1 fully saturated rings. The summed E-state index contributed by atoms with van der Waals surface area (Å²) in [6.07, 6.45) is 1.73. The van der Waals surface area contributed by atoms with Crippen LogP contribution in [0, 0.1) is 0 Å². The SMILES string of the molecule is CCOC(=O)N1CCN(C(=O)CNCCCc2ccccc2)CC1. The van der Waals surface area contributed by atoms with Crippen LogP contribution < -0.4 is 5.32 Å². The standard InChI is InChI=1S/C18H27N3O3/c1-2-24-18(23)21-13-11-20(12-14-21)17(22)15-19-10-6-9-16-7-4-3-5-8-16/h3-5,7-8,19H,2,6,9-15H2,1H3. The number of carbonyl (C=O) groups is 2. The predicted molar refractivity (Wildman–Crippen MR) is 92.8 cm³/mol. The van der Waals surface area contributed by atoms with Crippen LogP contribution in [0.5, 0.6) is 0 Å². The molecule has 0 aromatic heterocycles. The first-order chi connectivity index (χ1) is 11.7. The van der Waals surface area contributed by atoms with E-state index < -0.39 is 0 Å². The van der Waals surface area contributed by atoms with Gasteiger partial charge in [-0.05, 0) is 31.9 Å². The molecule has 0 atom stereocenters. The van der Waals surface area contributed by atoms with Gasteiger partial charge in [0, 0.05) is 26.2 Å². The fraction of sp³-hybridized carbons (Fsp3) is 0.556. The van der Waals surface area contributed by atoms with E-state index in [4.69, 9.17) is 4.74 Å². The summed E-state index contributed by atoms with van der Waals surface area (Å²) < 4.78 is 4.98. The summed E-state index contributed by atoms with van der Waals surface area (Å²) >= 11 is 0. The number of piperazine rings is 1. The van der Waals surface area contributed by atoms with Gasteiger partial charge in [0.25, 0.3) is 0 Å². The number of hydrogen-bond acceptors (Lipinski definition) is 4. The molecule has 1 aliphatic heterocycles. The summed E-state index contributed by atoms with van der Waals surface area (Å²) in [5.41, 5.74) is 1.32. The Kier molecular flexibility index (Phi) is 7.55. The van der Waals surface area contributed by atoms with Gasteiger partial charge in [0.15, 0.2) is 0 Å². The van der Waals surface area contributed by atoms with Gasteiger partial charge in [-0.15, -0.1) is 0 Å². The molecule has 1 aliphatic rings. The summed E-state index contributed by atoms with van der Waals surface area (Å²) in [6.45, 7) is 5.58. The molecule has 132 valence electrons. The van der Waals surface area contributed by atoms with Gasteiger partial charge in [0.05, 0.1) is 13.2 Å². The van der Waals surface area contributed by atoms with Crippen molar-refractivity contribution >= 4 is 12.0 Å². The van der Waals surface area contributed by atoms with Crippen LogP contribution in [0.4, 0.5) is 4.79 Å². The van der Waals surface area contributed by atoms with Gasteiger partial charge in [0.2, 0.25) is 5.91 Å². The van der Waals surface area contributed by atoms with Crippen LogP contribution in [0.25, 0.3) is 0 Å². The first kappa shape index (κ1) is 18.3. The van der Waals surface area contributed by atoms with Gasteiger partial charge in [0.1, 0.15) is 0 Å². The van der Waals surface area contributed by atoms with Crippen molar-refractivity contribution in [2.75, 3.05) is 45.9 Å². The Morgan fingerprint density at radius 2 is 1.75 bits per heavy atom. The van der Waals surface area contributed by atoms with Gasteiger partial charge < -0.3 is 19.9 Å². The molecule has 1 N–H and O–H groups in total. The van der Waals surface area contributed by atoms with E-state index in [-0.39, 0.29) is 12.0 Å². The number of amides is 2. The highest BCUT2D eigenvalue weighted by Crippen LogP contribution is 2.04.